The molecule has 1 aromatic rings. The second-order valence-corrected chi connectivity index (χ2v) is 6.41. The summed E-state index contributed by atoms with van der Waals surface area (Å²) in [6.45, 7) is 9.94. The lowest BCUT2D eigenvalue weighted by molar-refractivity contribution is -0.157. The summed E-state index contributed by atoms with van der Waals surface area (Å²) in [7, 11) is 0. The highest BCUT2D eigenvalue weighted by atomic mass is 16.3. The van der Waals surface area contributed by atoms with E-state index in [1.165, 1.54) is 5.56 Å². The van der Waals surface area contributed by atoms with Gasteiger partial charge in [0.15, 0.2) is 5.60 Å². The number of hydrogen-bond acceptors (Lipinski definition) is 3. The number of carbonyl (C=O) groups is 1. The predicted octanol–water partition coefficient (Wildman–Crippen LogP) is 2.01. The maximum absolute atomic E-state index is 12.6. The first-order chi connectivity index (χ1) is 10.4. The van der Waals surface area contributed by atoms with Crippen molar-refractivity contribution < 1.29 is 9.90 Å². The molecule has 1 aliphatic rings. The van der Waals surface area contributed by atoms with Crippen LogP contribution in [0.3, 0.4) is 0 Å². The zero-order valence-electron chi connectivity index (χ0n) is 13.6. The Morgan fingerprint density at radius 1 is 1.50 bits per heavy atom. The van der Waals surface area contributed by atoms with Gasteiger partial charge in [0.1, 0.15) is 0 Å². The molecule has 0 saturated carbocycles. The van der Waals surface area contributed by atoms with Crippen LogP contribution in [-0.4, -0.2) is 41.1 Å². The second-order valence-electron chi connectivity index (χ2n) is 6.41. The average Bonchev–Trinajstić information content (AvgIpc) is 2.44. The Morgan fingerprint density at radius 3 is 2.95 bits per heavy atom. The first-order valence-corrected chi connectivity index (χ1v) is 7.83. The summed E-state index contributed by atoms with van der Waals surface area (Å²) in [5.74, 6) is -0.172. The minimum atomic E-state index is -1.29. The number of aliphatic hydroxyl groups is 1. The molecule has 1 heterocycles. The quantitative estimate of drug-likeness (QED) is 0.791. The monoisotopic (exact) mass is 302 g/mol. The number of aryl methyl sites for hydroxylation is 1. The van der Waals surface area contributed by atoms with E-state index < -0.39 is 5.60 Å². The van der Waals surface area contributed by atoms with Crippen molar-refractivity contribution in [3.63, 3.8) is 0 Å². The molecule has 0 bridgehead atoms. The van der Waals surface area contributed by atoms with Gasteiger partial charge in [-0.3, -0.25) is 4.79 Å². The molecule has 1 amide bonds. The Kier molecular flexibility index (Phi) is 5.37. The molecule has 0 aromatic heterocycles. The van der Waals surface area contributed by atoms with Crippen molar-refractivity contribution in [2.75, 3.05) is 19.6 Å². The van der Waals surface area contributed by atoms with E-state index in [1.807, 2.05) is 32.0 Å². The molecule has 1 aliphatic heterocycles. The zero-order chi connectivity index (χ0) is 16.2. The smallest absolute Gasteiger partial charge is 0.256 e. The average molecular weight is 302 g/mol. The molecule has 22 heavy (non-hydrogen) atoms. The van der Waals surface area contributed by atoms with Crippen molar-refractivity contribution in [1.29, 1.82) is 0 Å². The Bertz CT molecular complexity index is 556. The van der Waals surface area contributed by atoms with E-state index >= 15 is 0 Å². The number of hydrogen-bond donors (Lipinski definition) is 2. The fourth-order valence-corrected chi connectivity index (χ4v) is 2.89. The largest absolute Gasteiger partial charge is 0.379 e. The first-order valence-electron chi connectivity index (χ1n) is 7.83. The SMILES string of the molecule is C=C(C)CNC[C@@]1(O)CCCN(Cc2cccc(C)c2)C1=O. The van der Waals surface area contributed by atoms with Gasteiger partial charge in [-0.05, 0) is 32.3 Å². The van der Waals surface area contributed by atoms with E-state index in [0.29, 0.717) is 26.1 Å². The fraction of sp³-hybridized carbons (Fsp3) is 0.500. The number of rotatable bonds is 6. The van der Waals surface area contributed by atoms with E-state index in [4.69, 9.17) is 0 Å². The second kappa shape index (κ2) is 7.07. The van der Waals surface area contributed by atoms with E-state index in [0.717, 1.165) is 17.6 Å². The summed E-state index contributed by atoms with van der Waals surface area (Å²) in [6, 6.07) is 8.15. The van der Waals surface area contributed by atoms with Crippen molar-refractivity contribution in [3.05, 3.63) is 47.5 Å². The lowest BCUT2D eigenvalue weighted by Gasteiger charge is -2.38. The molecule has 1 aromatic carbocycles. The van der Waals surface area contributed by atoms with Crippen molar-refractivity contribution in [1.82, 2.24) is 10.2 Å². The Balaban J connectivity index is 2.01. The van der Waals surface area contributed by atoms with Gasteiger partial charge in [-0.1, -0.05) is 42.0 Å². The lowest BCUT2D eigenvalue weighted by Crippen LogP contribution is -2.57. The Hall–Kier alpha value is -1.65. The van der Waals surface area contributed by atoms with Gasteiger partial charge in [0.2, 0.25) is 0 Å². The van der Waals surface area contributed by atoms with Gasteiger partial charge in [0.05, 0.1) is 0 Å². The van der Waals surface area contributed by atoms with E-state index in [2.05, 4.69) is 18.0 Å². The van der Waals surface area contributed by atoms with E-state index in [1.54, 1.807) is 4.90 Å². The molecule has 1 fully saturated rings. The van der Waals surface area contributed by atoms with Crippen molar-refractivity contribution in [2.24, 2.45) is 0 Å². The van der Waals surface area contributed by atoms with Gasteiger partial charge >= 0.3 is 0 Å². The minimum absolute atomic E-state index is 0.172. The van der Waals surface area contributed by atoms with Crippen LogP contribution in [0.25, 0.3) is 0 Å². The summed E-state index contributed by atoms with van der Waals surface area (Å²) in [6.07, 6.45) is 1.34. The van der Waals surface area contributed by atoms with Crippen LogP contribution in [0.15, 0.2) is 36.4 Å². The van der Waals surface area contributed by atoms with Crippen molar-refractivity contribution in [2.45, 2.75) is 38.8 Å². The number of amides is 1. The molecule has 1 atom stereocenters. The molecular formula is C18H26N2O2. The molecule has 1 saturated heterocycles. The van der Waals surface area contributed by atoms with Crippen molar-refractivity contribution in [3.8, 4) is 0 Å². The zero-order valence-corrected chi connectivity index (χ0v) is 13.6. The van der Waals surface area contributed by atoms with Crippen LogP contribution < -0.4 is 5.32 Å². The Labute approximate surface area is 132 Å². The summed E-state index contributed by atoms with van der Waals surface area (Å²) in [5, 5.41) is 13.8. The van der Waals surface area contributed by atoms with Crippen LogP contribution in [0.1, 0.15) is 30.9 Å². The van der Waals surface area contributed by atoms with Gasteiger partial charge in [-0.2, -0.15) is 0 Å². The van der Waals surface area contributed by atoms with Crippen molar-refractivity contribution >= 4 is 5.91 Å². The third kappa shape index (κ3) is 4.18. The first kappa shape index (κ1) is 16.7. The molecule has 0 aliphatic carbocycles. The topological polar surface area (TPSA) is 52.6 Å². The molecule has 4 heteroatoms. The fourth-order valence-electron chi connectivity index (χ4n) is 2.89. The maximum Gasteiger partial charge on any atom is 0.256 e. The van der Waals surface area contributed by atoms with E-state index in [-0.39, 0.29) is 12.5 Å². The van der Waals surface area contributed by atoms with Gasteiger partial charge in [0.25, 0.3) is 5.91 Å². The highest BCUT2D eigenvalue weighted by Gasteiger charge is 2.41. The maximum atomic E-state index is 12.6. The molecular weight excluding hydrogens is 276 g/mol. The van der Waals surface area contributed by atoms with Gasteiger partial charge in [-0.25, -0.2) is 0 Å². The third-order valence-electron chi connectivity index (χ3n) is 4.00. The predicted molar refractivity (Wildman–Crippen MR) is 88.5 cm³/mol. The van der Waals surface area contributed by atoms with Gasteiger partial charge in [-0.15, -0.1) is 0 Å². The number of benzene rings is 1. The van der Waals surface area contributed by atoms with E-state index in [9.17, 15) is 9.90 Å². The third-order valence-corrected chi connectivity index (χ3v) is 4.00. The lowest BCUT2D eigenvalue weighted by atomic mass is 9.91. The highest BCUT2D eigenvalue weighted by molar-refractivity contribution is 5.86. The van der Waals surface area contributed by atoms with Crippen LogP contribution in [0.4, 0.5) is 0 Å². The summed E-state index contributed by atoms with van der Waals surface area (Å²) in [5.41, 5.74) is 1.98. The number of carbonyl (C=O) groups excluding carboxylic acids is 1. The van der Waals surface area contributed by atoms with Gasteiger partial charge in [0, 0.05) is 26.2 Å². The molecule has 0 radical (unpaired) electrons. The normalized spacial score (nSPS) is 22.0. The molecule has 4 nitrogen and oxygen atoms in total. The highest BCUT2D eigenvalue weighted by Crippen LogP contribution is 2.24. The molecule has 2 rings (SSSR count). The summed E-state index contributed by atoms with van der Waals surface area (Å²) in [4.78, 5) is 14.4. The molecule has 120 valence electrons. The molecule has 2 N–H and O–H groups in total. The molecule has 0 unspecified atom stereocenters. The van der Waals surface area contributed by atoms with Gasteiger partial charge < -0.3 is 15.3 Å². The van der Waals surface area contributed by atoms with Crippen LogP contribution in [-0.2, 0) is 11.3 Å². The standard InChI is InChI=1S/C18H26N2O2/c1-14(2)11-19-13-18(22)8-5-9-20(17(18)21)12-16-7-4-6-15(3)10-16/h4,6-7,10,19,22H,1,5,8-9,11-13H2,2-3H3/t18-/m0/s1. The minimum Gasteiger partial charge on any atom is -0.379 e. The van der Waals surface area contributed by atoms with Crippen LogP contribution >= 0.6 is 0 Å². The van der Waals surface area contributed by atoms with Crippen LogP contribution in [0.2, 0.25) is 0 Å². The Morgan fingerprint density at radius 2 is 2.27 bits per heavy atom. The van der Waals surface area contributed by atoms with Crippen LogP contribution in [0, 0.1) is 6.92 Å². The summed E-state index contributed by atoms with van der Waals surface area (Å²) < 4.78 is 0. The molecule has 0 spiro atoms. The summed E-state index contributed by atoms with van der Waals surface area (Å²) >= 11 is 0. The number of nitrogens with one attached hydrogen (secondary N) is 1. The number of likely N-dealkylation sites (tertiary alicyclic amines) is 1. The number of nitrogens with zero attached hydrogens (tertiary/aromatic N) is 1. The number of piperidine rings is 1. The van der Waals surface area contributed by atoms with Crippen LogP contribution in [0.5, 0.6) is 0 Å².